The lowest BCUT2D eigenvalue weighted by atomic mass is 9.94. The van der Waals surface area contributed by atoms with Crippen LogP contribution in [-0.4, -0.2) is 39.4 Å². The Balaban J connectivity index is 1.85. The SMILES string of the molecule is CS(=O)(=O)O/N=[C]/[C@@H]1COC2(CCCCC2)O1. The van der Waals surface area contributed by atoms with Gasteiger partial charge in [0.1, 0.15) is 12.3 Å². The molecule has 1 saturated carbocycles. The highest BCUT2D eigenvalue weighted by Crippen LogP contribution is 2.37. The summed E-state index contributed by atoms with van der Waals surface area (Å²) < 4.78 is 36.9. The van der Waals surface area contributed by atoms with Crippen molar-refractivity contribution in [1.82, 2.24) is 0 Å². The number of ether oxygens (including phenoxy) is 2. The summed E-state index contributed by atoms with van der Waals surface area (Å²) in [6.45, 7) is 0.344. The first-order valence-electron chi connectivity index (χ1n) is 5.65. The van der Waals surface area contributed by atoms with E-state index in [1.54, 1.807) is 0 Å². The number of hydrogen-bond donors (Lipinski definition) is 0. The molecule has 0 bridgehead atoms. The lowest BCUT2D eigenvalue weighted by Crippen LogP contribution is -2.33. The second kappa shape index (κ2) is 4.91. The fourth-order valence-corrected chi connectivity index (χ4v) is 2.30. The largest absolute Gasteiger partial charge is 0.347 e. The first-order valence-corrected chi connectivity index (χ1v) is 7.47. The van der Waals surface area contributed by atoms with Gasteiger partial charge in [0.05, 0.1) is 12.9 Å². The lowest BCUT2D eigenvalue weighted by Gasteiger charge is -2.31. The predicted octanol–water partition coefficient (Wildman–Crippen LogP) is 0.901. The van der Waals surface area contributed by atoms with Crippen molar-refractivity contribution in [3.63, 3.8) is 0 Å². The third kappa shape index (κ3) is 3.65. The Hall–Kier alpha value is -0.660. The molecule has 0 amide bonds. The van der Waals surface area contributed by atoms with E-state index in [4.69, 9.17) is 9.47 Å². The molecule has 0 aromatic carbocycles. The Bertz CT molecular complexity index is 386. The Morgan fingerprint density at radius 3 is 2.71 bits per heavy atom. The van der Waals surface area contributed by atoms with Gasteiger partial charge in [-0.25, -0.2) is 0 Å². The summed E-state index contributed by atoms with van der Waals surface area (Å²) in [4.78, 5) is 0. The molecule has 1 aliphatic carbocycles. The molecule has 0 unspecified atom stereocenters. The van der Waals surface area contributed by atoms with E-state index < -0.39 is 22.0 Å². The predicted molar refractivity (Wildman–Crippen MR) is 60.0 cm³/mol. The first-order chi connectivity index (χ1) is 7.99. The van der Waals surface area contributed by atoms with Crippen molar-refractivity contribution >= 4 is 16.3 Å². The smallest absolute Gasteiger partial charge is 0.325 e. The van der Waals surface area contributed by atoms with Gasteiger partial charge >= 0.3 is 10.1 Å². The van der Waals surface area contributed by atoms with Gasteiger partial charge in [0.25, 0.3) is 0 Å². The zero-order valence-electron chi connectivity index (χ0n) is 9.72. The minimum Gasteiger partial charge on any atom is -0.347 e. The van der Waals surface area contributed by atoms with E-state index in [1.807, 2.05) is 0 Å². The summed E-state index contributed by atoms with van der Waals surface area (Å²) in [6.07, 6.45) is 8.08. The minimum absolute atomic E-state index is 0.344. The Morgan fingerprint density at radius 2 is 2.06 bits per heavy atom. The highest BCUT2D eigenvalue weighted by atomic mass is 32.2. The third-order valence-electron chi connectivity index (χ3n) is 2.84. The van der Waals surface area contributed by atoms with Gasteiger partial charge in [-0.1, -0.05) is 11.6 Å². The van der Waals surface area contributed by atoms with Crippen molar-refractivity contribution in [3.8, 4) is 0 Å². The van der Waals surface area contributed by atoms with Gasteiger partial charge in [0.2, 0.25) is 0 Å². The number of hydrogen-bond acceptors (Lipinski definition) is 6. The monoisotopic (exact) mass is 262 g/mol. The molecule has 2 fully saturated rings. The zero-order valence-corrected chi connectivity index (χ0v) is 10.5. The summed E-state index contributed by atoms with van der Waals surface area (Å²) in [6, 6.07) is 0. The molecule has 1 aliphatic heterocycles. The molecule has 6 nitrogen and oxygen atoms in total. The van der Waals surface area contributed by atoms with Gasteiger partial charge in [0, 0.05) is 12.8 Å². The quantitative estimate of drug-likeness (QED) is 0.558. The molecular weight excluding hydrogens is 246 g/mol. The summed E-state index contributed by atoms with van der Waals surface area (Å²) in [5.41, 5.74) is 0. The van der Waals surface area contributed by atoms with Crippen LogP contribution in [0.2, 0.25) is 0 Å². The molecule has 0 aromatic rings. The molecule has 17 heavy (non-hydrogen) atoms. The Labute approximate surface area is 101 Å². The van der Waals surface area contributed by atoms with E-state index in [1.165, 1.54) is 6.42 Å². The molecule has 0 N–H and O–H groups in total. The molecular formula is C10H16NO5S. The molecule has 2 aliphatic rings. The molecule has 2 rings (SSSR count). The van der Waals surface area contributed by atoms with E-state index >= 15 is 0 Å². The zero-order chi connectivity index (χ0) is 12.4. The van der Waals surface area contributed by atoms with Crippen molar-refractivity contribution in [1.29, 1.82) is 0 Å². The van der Waals surface area contributed by atoms with Crippen LogP contribution in [0.3, 0.4) is 0 Å². The first kappa shape index (κ1) is 12.8. The van der Waals surface area contributed by atoms with Crippen LogP contribution in [0.1, 0.15) is 32.1 Å². The maximum absolute atomic E-state index is 10.7. The van der Waals surface area contributed by atoms with Crippen molar-refractivity contribution in [2.75, 3.05) is 12.9 Å². The highest BCUT2D eigenvalue weighted by molar-refractivity contribution is 7.85. The van der Waals surface area contributed by atoms with Crippen LogP contribution < -0.4 is 0 Å². The van der Waals surface area contributed by atoms with Crippen LogP contribution in [-0.2, 0) is 23.9 Å². The summed E-state index contributed by atoms with van der Waals surface area (Å²) in [5.74, 6) is -0.503. The average molecular weight is 262 g/mol. The highest BCUT2D eigenvalue weighted by Gasteiger charge is 2.42. The fourth-order valence-electron chi connectivity index (χ4n) is 2.12. The van der Waals surface area contributed by atoms with Crippen molar-refractivity contribution in [2.45, 2.75) is 44.0 Å². The topological polar surface area (TPSA) is 74.2 Å². The molecule has 1 atom stereocenters. The Kier molecular flexibility index (Phi) is 3.70. The van der Waals surface area contributed by atoms with E-state index in [9.17, 15) is 8.42 Å². The van der Waals surface area contributed by atoms with E-state index in [2.05, 4.69) is 15.7 Å². The molecule has 0 aromatic heterocycles. The van der Waals surface area contributed by atoms with Crippen LogP contribution in [0.25, 0.3) is 0 Å². The van der Waals surface area contributed by atoms with Crippen LogP contribution in [0.5, 0.6) is 0 Å². The van der Waals surface area contributed by atoms with E-state index in [-0.39, 0.29) is 0 Å². The van der Waals surface area contributed by atoms with Crippen LogP contribution in [0.4, 0.5) is 0 Å². The molecule has 1 spiro atoms. The van der Waals surface area contributed by atoms with E-state index in [0.29, 0.717) is 6.61 Å². The third-order valence-corrected chi connectivity index (χ3v) is 3.18. The van der Waals surface area contributed by atoms with Crippen molar-refractivity contribution in [2.24, 2.45) is 5.16 Å². The summed E-state index contributed by atoms with van der Waals surface area (Å²) >= 11 is 0. The fraction of sp³-hybridized carbons (Fsp3) is 0.900. The second-order valence-corrected chi connectivity index (χ2v) is 5.95. The van der Waals surface area contributed by atoms with Gasteiger partial charge in [-0.15, -0.1) is 0 Å². The number of nitrogens with zero attached hydrogens (tertiary/aromatic N) is 1. The van der Waals surface area contributed by atoms with Gasteiger partial charge in [0.15, 0.2) is 5.79 Å². The lowest BCUT2D eigenvalue weighted by molar-refractivity contribution is -0.181. The maximum atomic E-state index is 10.7. The molecule has 1 saturated heterocycles. The molecule has 1 radical (unpaired) electrons. The second-order valence-electron chi connectivity index (χ2n) is 4.39. The Morgan fingerprint density at radius 1 is 1.35 bits per heavy atom. The van der Waals surface area contributed by atoms with E-state index in [0.717, 1.165) is 31.9 Å². The standard InChI is InChI=1S/C10H16NO5S/c1-17(12,13)16-11-7-9-8-14-10(15-9)5-3-2-4-6-10/h9H,2-6,8H2,1H3/t9-/m1/s1. The molecule has 97 valence electrons. The van der Waals surface area contributed by atoms with Gasteiger partial charge in [-0.2, -0.15) is 8.42 Å². The van der Waals surface area contributed by atoms with Gasteiger partial charge in [-0.3, -0.25) is 4.28 Å². The normalized spacial score (nSPS) is 28.9. The molecule has 1 heterocycles. The molecule has 7 heteroatoms. The van der Waals surface area contributed by atoms with Crippen LogP contribution in [0, 0.1) is 0 Å². The summed E-state index contributed by atoms with van der Waals surface area (Å²) in [7, 11) is -3.57. The van der Waals surface area contributed by atoms with Gasteiger partial charge in [-0.05, 0) is 12.8 Å². The van der Waals surface area contributed by atoms with Crippen LogP contribution in [0.15, 0.2) is 5.16 Å². The number of rotatable bonds is 3. The van der Waals surface area contributed by atoms with Crippen molar-refractivity contribution < 1.29 is 22.2 Å². The van der Waals surface area contributed by atoms with Crippen molar-refractivity contribution in [3.05, 3.63) is 0 Å². The van der Waals surface area contributed by atoms with Gasteiger partial charge < -0.3 is 9.47 Å². The van der Waals surface area contributed by atoms with Crippen LogP contribution >= 0.6 is 0 Å². The maximum Gasteiger partial charge on any atom is 0.325 e. The average Bonchev–Trinajstić information content (AvgIpc) is 2.61. The summed E-state index contributed by atoms with van der Waals surface area (Å²) in [5, 5.41) is 3.26. The minimum atomic E-state index is -3.57.